The molecule has 0 bridgehead atoms. The third-order valence-corrected chi connectivity index (χ3v) is 4.17. The van der Waals surface area contributed by atoms with Crippen molar-refractivity contribution < 1.29 is 8.78 Å². The second-order valence-electron chi connectivity index (χ2n) is 5.91. The van der Waals surface area contributed by atoms with Gasteiger partial charge in [-0.25, -0.2) is 18.7 Å². The minimum atomic E-state index is -0.744. The second kappa shape index (κ2) is 6.89. The van der Waals surface area contributed by atoms with Gasteiger partial charge in [0.1, 0.15) is 17.7 Å². The van der Waals surface area contributed by atoms with Crippen molar-refractivity contribution in [2.24, 2.45) is 0 Å². The van der Waals surface area contributed by atoms with Crippen LogP contribution in [0.25, 0.3) is 11.1 Å². The topological polar surface area (TPSA) is 64.8 Å². The number of hydrogen-bond acceptors (Lipinski definition) is 5. The molecule has 1 N–H and O–H groups in total. The summed E-state index contributed by atoms with van der Waals surface area (Å²) in [6, 6.07) is 5.42. The summed E-state index contributed by atoms with van der Waals surface area (Å²) >= 11 is 0. The maximum atomic E-state index is 13.9. The summed E-state index contributed by atoms with van der Waals surface area (Å²) in [5.41, 5.74) is 0.425. The van der Waals surface area contributed by atoms with E-state index in [2.05, 4.69) is 27.2 Å². The molecule has 1 fully saturated rings. The Labute approximate surface area is 139 Å². The van der Waals surface area contributed by atoms with Crippen LogP contribution >= 0.6 is 0 Å². The molecule has 0 radical (unpaired) electrons. The first-order chi connectivity index (χ1) is 11.6. The largest absolute Gasteiger partial charge is 0.351 e. The van der Waals surface area contributed by atoms with Crippen LogP contribution in [0.2, 0.25) is 0 Å². The number of nitrogens with zero attached hydrogens (tertiary/aromatic N) is 4. The normalized spacial score (nSPS) is 15.9. The number of aromatic nitrogens is 2. The van der Waals surface area contributed by atoms with Gasteiger partial charge in [-0.1, -0.05) is 0 Å². The van der Waals surface area contributed by atoms with Crippen molar-refractivity contribution >= 4 is 5.95 Å². The number of likely N-dealkylation sites (tertiary alicyclic amines) is 1. The number of nitrogens with one attached hydrogen (secondary N) is 1. The van der Waals surface area contributed by atoms with Gasteiger partial charge in [-0.05, 0) is 45.1 Å². The van der Waals surface area contributed by atoms with Crippen molar-refractivity contribution in [1.82, 2.24) is 14.9 Å². The fourth-order valence-corrected chi connectivity index (χ4v) is 2.78. The smallest absolute Gasteiger partial charge is 0.224 e. The Morgan fingerprint density at radius 1 is 1.25 bits per heavy atom. The molecule has 5 nitrogen and oxygen atoms in total. The Bertz CT molecular complexity index is 779. The second-order valence-corrected chi connectivity index (χ2v) is 5.91. The molecule has 2 aromatic rings. The lowest BCUT2D eigenvalue weighted by Crippen LogP contribution is -2.37. The van der Waals surface area contributed by atoms with E-state index in [0.29, 0.717) is 5.95 Å². The van der Waals surface area contributed by atoms with Gasteiger partial charge in [0.05, 0.1) is 0 Å². The van der Waals surface area contributed by atoms with Gasteiger partial charge in [0.25, 0.3) is 0 Å². The van der Waals surface area contributed by atoms with Crippen molar-refractivity contribution in [3.63, 3.8) is 0 Å². The Balaban J connectivity index is 1.84. The van der Waals surface area contributed by atoms with Gasteiger partial charge in [-0.2, -0.15) is 5.26 Å². The number of rotatable bonds is 3. The molecule has 1 aliphatic heterocycles. The Hall–Kier alpha value is -2.59. The fourth-order valence-electron chi connectivity index (χ4n) is 2.78. The zero-order chi connectivity index (χ0) is 17.1. The summed E-state index contributed by atoms with van der Waals surface area (Å²) in [6.07, 6.45) is 3.34. The van der Waals surface area contributed by atoms with E-state index in [4.69, 9.17) is 0 Å². The standard InChI is InChI=1S/C17H17F2N5/c1-24-6-4-12(5-7-24)22-17-21-10-14(16(9-20)23-17)13-3-2-11(18)8-15(13)19/h2-3,8,10,12H,4-7H2,1H3,(H,21,22,23). The number of piperidine rings is 1. The predicted octanol–water partition coefficient (Wildman–Crippen LogP) is 2.80. The summed E-state index contributed by atoms with van der Waals surface area (Å²) in [5.74, 6) is -1.06. The Morgan fingerprint density at radius 3 is 2.67 bits per heavy atom. The number of anilines is 1. The molecule has 0 unspecified atom stereocenters. The first kappa shape index (κ1) is 16.3. The molecule has 1 aromatic carbocycles. The van der Waals surface area contributed by atoms with Crippen LogP contribution in [0.4, 0.5) is 14.7 Å². The highest BCUT2D eigenvalue weighted by atomic mass is 19.1. The van der Waals surface area contributed by atoms with Crippen molar-refractivity contribution in [2.45, 2.75) is 18.9 Å². The molecule has 7 heteroatoms. The maximum Gasteiger partial charge on any atom is 0.224 e. The van der Waals surface area contributed by atoms with E-state index in [1.807, 2.05) is 6.07 Å². The van der Waals surface area contributed by atoms with E-state index in [0.717, 1.165) is 38.1 Å². The quantitative estimate of drug-likeness (QED) is 0.938. The van der Waals surface area contributed by atoms with Gasteiger partial charge in [-0.15, -0.1) is 0 Å². The van der Waals surface area contributed by atoms with Gasteiger partial charge in [0, 0.05) is 29.4 Å². The van der Waals surface area contributed by atoms with Gasteiger partial charge in [0.15, 0.2) is 5.69 Å². The highest BCUT2D eigenvalue weighted by Gasteiger charge is 2.19. The predicted molar refractivity (Wildman–Crippen MR) is 86.2 cm³/mol. The summed E-state index contributed by atoms with van der Waals surface area (Å²) in [5, 5.41) is 12.5. The van der Waals surface area contributed by atoms with Crippen LogP contribution in [-0.2, 0) is 0 Å². The van der Waals surface area contributed by atoms with E-state index in [-0.39, 0.29) is 22.9 Å². The van der Waals surface area contributed by atoms with E-state index in [1.165, 1.54) is 12.3 Å². The highest BCUT2D eigenvalue weighted by molar-refractivity contribution is 5.69. The van der Waals surface area contributed by atoms with Crippen molar-refractivity contribution in [1.29, 1.82) is 5.26 Å². The summed E-state index contributed by atoms with van der Waals surface area (Å²) < 4.78 is 27.0. The lowest BCUT2D eigenvalue weighted by atomic mass is 10.0. The first-order valence-electron chi connectivity index (χ1n) is 7.74. The molecule has 3 rings (SSSR count). The summed E-state index contributed by atoms with van der Waals surface area (Å²) in [6.45, 7) is 1.98. The summed E-state index contributed by atoms with van der Waals surface area (Å²) in [7, 11) is 2.08. The molecular formula is C17H17F2N5. The zero-order valence-electron chi connectivity index (χ0n) is 13.3. The van der Waals surface area contributed by atoms with Gasteiger partial charge in [-0.3, -0.25) is 0 Å². The molecule has 0 spiro atoms. The van der Waals surface area contributed by atoms with E-state index < -0.39 is 11.6 Å². The van der Waals surface area contributed by atoms with E-state index in [9.17, 15) is 14.0 Å². The van der Waals surface area contributed by atoms with Crippen molar-refractivity contribution in [3.05, 3.63) is 41.7 Å². The number of halogens is 2. The molecule has 1 aromatic heterocycles. The number of nitriles is 1. The van der Waals surface area contributed by atoms with Crippen LogP contribution in [0, 0.1) is 23.0 Å². The minimum Gasteiger partial charge on any atom is -0.351 e. The monoisotopic (exact) mass is 329 g/mol. The fraction of sp³-hybridized carbons (Fsp3) is 0.353. The molecule has 0 saturated carbocycles. The van der Waals surface area contributed by atoms with Gasteiger partial charge >= 0.3 is 0 Å². The Kier molecular flexibility index (Phi) is 4.67. The van der Waals surface area contributed by atoms with Crippen LogP contribution < -0.4 is 5.32 Å². The number of benzene rings is 1. The average Bonchev–Trinajstić information content (AvgIpc) is 2.57. The van der Waals surface area contributed by atoms with Gasteiger partial charge < -0.3 is 10.2 Å². The lowest BCUT2D eigenvalue weighted by molar-refractivity contribution is 0.263. The average molecular weight is 329 g/mol. The van der Waals surface area contributed by atoms with Crippen LogP contribution in [0.15, 0.2) is 24.4 Å². The molecule has 2 heterocycles. The SMILES string of the molecule is CN1CCC(Nc2ncc(-c3ccc(F)cc3F)c(C#N)n2)CC1. The van der Waals surface area contributed by atoms with Gasteiger partial charge in [0.2, 0.25) is 5.95 Å². The summed E-state index contributed by atoms with van der Waals surface area (Å²) in [4.78, 5) is 10.6. The van der Waals surface area contributed by atoms with Crippen LogP contribution in [0.5, 0.6) is 0 Å². The molecular weight excluding hydrogens is 312 g/mol. The zero-order valence-corrected chi connectivity index (χ0v) is 13.3. The molecule has 0 aliphatic carbocycles. The highest BCUT2D eigenvalue weighted by Crippen LogP contribution is 2.26. The minimum absolute atomic E-state index is 0.0611. The van der Waals surface area contributed by atoms with Crippen LogP contribution in [-0.4, -0.2) is 41.0 Å². The first-order valence-corrected chi connectivity index (χ1v) is 7.74. The molecule has 0 amide bonds. The maximum absolute atomic E-state index is 13.9. The van der Waals surface area contributed by atoms with Crippen molar-refractivity contribution in [3.8, 4) is 17.2 Å². The molecule has 124 valence electrons. The molecule has 0 atom stereocenters. The third kappa shape index (κ3) is 3.49. The third-order valence-electron chi connectivity index (χ3n) is 4.17. The number of hydrogen-bond donors (Lipinski definition) is 1. The Morgan fingerprint density at radius 2 is 2.00 bits per heavy atom. The molecule has 1 saturated heterocycles. The van der Waals surface area contributed by atoms with Crippen LogP contribution in [0.3, 0.4) is 0 Å². The van der Waals surface area contributed by atoms with Crippen LogP contribution in [0.1, 0.15) is 18.5 Å². The van der Waals surface area contributed by atoms with E-state index in [1.54, 1.807) is 0 Å². The lowest BCUT2D eigenvalue weighted by Gasteiger charge is -2.29. The molecule has 1 aliphatic rings. The molecule has 24 heavy (non-hydrogen) atoms. The van der Waals surface area contributed by atoms with E-state index >= 15 is 0 Å². The van der Waals surface area contributed by atoms with Crippen molar-refractivity contribution in [2.75, 3.05) is 25.5 Å².